The lowest BCUT2D eigenvalue weighted by molar-refractivity contribution is 0.0601. The number of anilines is 1. The van der Waals surface area contributed by atoms with Crippen LogP contribution in [-0.4, -0.2) is 32.3 Å². The van der Waals surface area contributed by atoms with E-state index in [2.05, 4.69) is 15.0 Å². The summed E-state index contributed by atoms with van der Waals surface area (Å²) >= 11 is 0. The summed E-state index contributed by atoms with van der Waals surface area (Å²) in [7, 11) is 1.36. The van der Waals surface area contributed by atoms with Gasteiger partial charge in [0.25, 0.3) is 6.02 Å². The van der Waals surface area contributed by atoms with E-state index in [0.29, 0.717) is 24.7 Å². The largest absolute Gasteiger partial charge is 0.465 e. The first-order chi connectivity index (χ1) is 8.20. The predicted molar refractivity (Wildman–Crippen MR) is 64.4 cm³/mol. The lowest BCUT2D eigenvalue weighted by Crippen LogP contribution is -2.13. The number of nitrogens with zero attached hydrogens (tertiary/aromatic N) is 1. The number of aliphatic imine (C=N–C) groups is 1. The highest BCUT2D eigenvalue weighted by Crippen LogP contribution is 2.18. The van der Waals surface area contributed by atoms with E-state index < -0.39 is 0 Å². The van der Waals surface area contributed by atoms with Crippen LogP contribution in [0.1, 0.15) is 15.9 Å². The molecule has 1 aromatic carbocycles. The predicted octanol–water partition coefficient (Wildman–Crippen LogP) is 1.58. The van der Waals surface area contributed by atoms with Gasteiger partial charge in [0.1, 0.15) is 6.61 Å². The molecule has 0 bridgehead atoms. The maximum Gasteiger partial charge on any atom is 0.337 e. The number of methoxy groups -OCH3 is 1. The molecule has 17 heavy (non-hydrogen) atoms. The van der Waals surface area contributed by atoms with Gasteiger partial charge in [0.15, 0.2) is 0 Å². The van der Waals surface area contributed by atoms with Crippen LogP contribution < -0.4 is 5.32 Å². The molecule has 0 spiro atoms. The lowest BCUT2D eigenvalue weighted by atomic mass is 10.1. The van der Waals surface area contributed by atoms with E-state index in [0.717, 1.165) is 11.3 Å². The number of aryl methyl sites for hydroxylation is 1. The molecule has 0 aromatic heterocycles. The van der Waals surface area contributed by atoms with Crippen molar-refractivity contribution in [2.45, 2.75) is 6.92 Å². The monoisotopic (exact) mass is 234 g/mol. The zero-order chi connectivity index (χ0) is 12.3. The zero-order valence-corrected chi connectivity index (χ0v) is 9.82. The standard InChI is InChI=1S/C12H14N2O3/c1-8-3-4-9(11(15)16-2)7-10(8)14-12-13-5-6-17-12/h3-4,7H,5-6H2,1-2H3,(H,13,14). The number of ether oxygens (including phenoxy) is 2. The van der Waals surface area contributed by atoms with Crippen molar-refractivity contribution in [3.8, 4) is 0 Å². The third-order valence-corrected chi connectivity index (χ3v) is 2.49. The fourth-order valence-electron chi connectivity index (χ4n) is 1.53. The number of rotatable bonds is 2. The van der Waals surface area contributed by atoms with Crippen LogP contribution >= 0.6 is 0 Å². The van der Waals surface area contributed by atoms with Gasteiger partial charge in [-0.3, -0.25) is 0 Å². The van der Waals surface area contributed by atoms with Crippen molar-refractivity contribution in [1.29, 1.82) is 0 Å². The molecule has 0 radical (unpaired) electrons. The van der Waals surface area contributed by atoms with Gasteiger partial charge in [-0.15, -0.1) is 0 Å². The Balaban J connectivity index is 2.22. The van der Waals surface area contributed by atoms with Gasteiger partial charge < -0.3 is 14.8 Å². The second kappa shape index (κ2) is 4.86. The first-order valence-corrected chi connectivity index (χ1v) is 5.34. The first kappa shape index (κ1) is 11.4. The van der Waals surface area contributed by atoms with Gasteiger partial charge in [0, 0.05) is 5.69 Å². The van der Waals surface area contributed by atoms with Crippen LogP contribution in [0.4, 0.5) is 5.69 Å². The van der Waals surface area contributed by atoms with Crippen LogP contribution in [0.3, 0.4) is 0 Å². The number of nitrogens with one attached hydrogen (secondary N) is 1. The van der Waals surface area contributed by atoms with Crippen molar-refractivity contribution in [2.75, 3.05) is 25.6 Å². The molecule has 0 fully saturated rings. The maximum absolute atomic E-state index is 11.4. The highest BCUT2D eigenvalue weighted by Gasteiger charge is 2.11. The fraction of sp³-hybridized carbons (Fsp3) is 0.333. The summed E-state index contributed by atoms with van der Waals surface area (Å²) in [4.78, 5) is 15.5. The molecule has 90 valence electrons. The summed E-state index contributed by atoms with van der Waals surface area (Å²) < 4.78 is 9.93. The Labute approximate surface area is 99.4 Å². The van der Waals surface area contributed by atoms with E-state index in [4.69, 9.17) is 4.74 Å². The van der Waals surface area contributed by atoms with Crippen molar-refractivity contribution in [3.05, 3.63) is 29.3 Å². The van der Waals surface area contributed by atoms with E-state index in [-0.39, 0.29) is 5.97 Å². The van der Waals surface area contributed by atoms with Crippen LogP contribution in [0.15, 0.2) is 23.2 Å². The minimum absolute atomic E-state index is 0.359. The quantitative estimate of drug-likeness (QED) is 0.789. The van der Waals surface area contributed by atoms with Gasteiger partial charge in [-0.25, -0.2) is 9.79 Å². The van der Waals surface area contributed by atoms with E-state index in [9.17, 15) is 4.79 Å². The average Bonchev–Trinajstić information content (AvgIpc) is 2.84. The Kier molecular flexibility index (Phi) is 3.27. The molecule has 0 aliphatic carbocycles. The number of carbonyl (C=O) groups excluding carboxylic acids is 1. The average molecular weight is 234 g/mol. The molecule has 1 aliphatic rings. The molecule has 2 rings (SSSR count). The van der Waals surface area contributed by atoms with Gasteiger partial charge in [0.05, 0.1) is 19.2 Å². The summed E-state index contributed by atoms with van der Waals surface area (Å²) in [6.07, 6.45) is 0. The van der Waals surface area contributed by atoms with Crippen LogP contribution in [-0.2, 0) is 9.47 Å². The molecule has 5 nitrogen and oxygen atoms in total. The molecular formula is C12H14N2O3. The number of hydrogen-bond acceptors (Lipinski definition) is 5. The van der Waals surface area contributed by atoms with Gasteiger partial charge in [0.2, 0.25) is 0 Å². The Morgan fingerprint density at radius 1 is 1.53 bits per heavy atom. The van der Waals surface area contributed by atoms with E-state index in [1.54, 1.807) is 12.1 Å². The second-order valence-electron chi connectivity index (χ2n) is 3.68. The minimum atomic E-state index is -0.359. The van der Waals surface area contributed by atoms with Crippen LogP contribution in [0.2, 0.25) is 0 Å². The summed E-state index contributed by atoms with van der Waals surface area (Å²) in [6.45, 7) is 3.20. The normalized spacial score (nSPS) is 13.9. The van der Waals surface area contributed by atoms with Gasteiger partial charge in [-0.1, -0.05) is 6.07 Å². The van der Waals surface area contributed by atoms with E-state index >= 15 is 0 Å². The summed E-state index contributed by atoms with van der Waals surface area (Å²) in [5.74, 6) is -0.359. The molecule has 1 aliphatic heterocycles. The van der Waals surface area contributed by atoms with Crippen molar-refractivity contribution in [3.63, 3.8) is 0 Å². The molecule has 0 amide bonds. The van der Waals surface area contributed by atoms with Gasteiger partial charge in [-0.2, -0.15) is 0 Å². The molecule has 0 saturated carbocycles. The van der Waals surface area contributed by atoms with Crippen LogP contribution in [0.5, 0.6) is 0 Å². The summed E-state index contributed by atoms with van der Waals surface area (Å²) in [5, 5.41) is 3.05. The number of carbonyl (C=O) groups is 1. The smallest absolute Gasteiger partial charge is 0.337 e. The Bertz CT molecular complexity index is 469. The SMILES string of the molecule is COC(=O)c1ccc(C)c(NC2=NCCO2)c1. The van der Waals surface area contributed by atoms with Crippen LogP contribution in [0, 0.1) is 6.92 Å². The van der Waals surface area contributed by atoms with E-state index in [1.807, 2.05) is 13.0 Å². The van der Waals surface area contributed by atoms with Crippen molar-refractivity contribution < 1.29 is 14.3 Å². The third-order valence-electron chi connectivity index (χ3n) is 2.49. The van der Waals surface area contributed by atoms with Crippen molar-refractivity contribution in [1.82, 2.24) is 0 Å². The molecule has 1 N–H and O–H groups in total. The summed E-state index contributed by atoms with van der Waals surface area (Å²) in [5.41, 5.74) is 2.31. The van der Waals surface area contributed by atoms with Crippen LogP contribution in [0.25, 0.3) is 0 Å². The zero-order valence-electron chi connectivity index (χ0n) is 9.82. The first-order valence-electron chi connectivity index (χ1n) is 5.34. The number of esters is 1. The molecule has 1 aromatic rings. The van der Waals surface area contributed by atoms with E-state index in [1.165, 1.54) is 7.11 Å². The maximum atomic E-state index is 11.4. The molecule has 0 atom stereocenters. The number of amidine groups is 1. The molecule has 0 unspecified atom stereocenters. The lowest BCUT2D eigenvalue weighted by Gasteiger charge is -2.10. The number of benzene rings is 1. The van der Waals surface area contributed by atoms with Crippen molar-refractivity contribution >= 4 is 17.7 Å². The molecule has 5 heteroatoms. The summed E-state index contributed by atoms with van der Waals surface area (Å²) in [6, 6.07) is 5.80. The third kappa shape index (κ3) is 2.55. The highest BCUT2D eigenvalue weighted by atomic mass is 16.5. The molecular weight excluding hydrogens is 220 g/mol. The Hall–Kier alpha value is -2.04. The number of hydrogen-bond donors (Lipinski definition) is 1. The molecule has 1 heterocycles. The van der Waals surface area contributed by atoms with Gasteiger partial charge >= 0.3 is 5.97 Å². The topological polar surface area (TPSA) is 59.9 Å². The Morgan fingerprint density at radius 2 is 2.35 bits per heavy atom. The van der Waals surface area contributed by atoms with Crippen molar-refractivity contribution in [2.24, 2.45) is 4.99 Å². The fourth-order valence-corrected chi connectivity index (χ4v) is 1.53. The minimum Gasteiger partial charge on any atom is -0.465 e. The Morgan fingerprint density at radius 3 is 3.00 bits per heavy atom. The highest BCUT2D eigenvalue weighted by molar-refractivity contribution is 5.94. The van der Waals surface area contributed by atoms with Gasteiger partial charge in [-0.05, 0) is 24.6 Å². The second-order valence-corrected chi connectivity index (χ2v) is 3.68. The molecule has 0 saturated heterocycles.